The summed E-state index contributed by atoms with van der Waals surface area (Å²) < 4.78 is 81.1. The van der Waals surface area contributed by atoms with Crippen molar-refractivity contribution >= 4 is 17.0 Å². The van der Waals surface area contributed by atoms with Gasteiger partial charge in [-0.25, -0.2) is 13.6 Å². The third-order valence-electron chi connectivity index (χ3n) is 6.48. The monoisotopic (exact) mass is 586 g/mol. The van der Waals surface area contributed by atoms with E-state index in [1.54, 1.807) is 36.4 Å². The van der Waals surface area contributed by atoms with E-state index in [4.69, 9.17) is 9.15 Å². The Kier molecular flexibility index (Phi) is 6.28. The number of amides is 1. The van der Waals surface area contributed by atoms with Gasteiger partial charge in [-0.3, -0.25) is 14.9 Å². The van der Waals surface area contributed by atoms with Crippen LogP contribution in [-0.4, -0.2) is 44.8 Å². The molecule has 2 aromatic heterocycles. The van der Waals surface area contributed by atoms with Crippen molar-refractivity contribution < 1.29 is 40.6 Å². The average Bonchev–Trinajstić information content (AvgIpc) is 3.57. The fourth-order valence-electron chi connectivity index (χ4n) is 4.96. The Morgan fingerprint density at radius 3 is 2.38 bits per heavy atom. The lowest BCUT2D eigenvalue weighted by atomic mass is 9.95. The SMILES string of the molecule is CC(F)(F)CN1C(=O)c2[nH]nc(-c3cccc4[nH]c(=O)oc34)c2C1c1cccc(Oc2ccc(OC(F)(F)F)cc2)c1. The third kappa shape index (κ3) is 5.18. The maximum atomic E-state index is 14.3. The van der Waals surface area contributed by atoms with Gasteiger partial charge in [0.05, 0.1) is 18.1 Å². The second-order valence-electron chi connectivity index (χ2n) is 9.66. The highest BCUT2D eigenvalue weighted by atomic mass is 19.4. The predicted molar refractivity (Wildman–Crippen MR) is 138 cm³/mol. The first-order valence-electron chi connectivity index (χ1n) is 12.4. The molecule has 14 heteroatoms. The average molecular weight is 586 g/mol. The largest absolute Gasteiger partial charge is 0.573 e. The minimum Gasteiger partial charge on any atom is -0.457 e. The van der Waals surface area contributed by atoms with Crippen LogP contribution in [0.2, 0.25) is 0 Å². The number of fused-ring (bicyclic) bond motifs is 2. The van der Waals surface area contributed by atoms with E-state index in [1.165, 1.54) is 18.2 Å². The van der Waals surface area contributed by atoms with Crippen LogP contribution in [0.15, 0.2) is 75.9 Å². The minimum atomic E-state index is -4.85. The zero-order valence-electron chi connectivity index (χ0n) is 21.5. The molecule has 0 saturated carbocycles. The summed E-state index contributed by atoms with van der Waals surface area (Å²) in [5, 5.41) is 6.95. The van der Waals surface area contributed by atoms with Gasteiger partial charge in [-0.1, -0.05) is 18.2 Å². The van der Waals surface area contributed by atoms with E-state index in [0.717, 1.165) is 17.0 Å². The van der Waals surface area contributed by atoms with E-state index in [0.29, 0.717) is 29.1 Å². The molecule has 0 saturated heterocycles. The molecule has 1 unspecified atom stereocenters. The number of halogens is 5. The molecular formula is C28H19F5N4O5. The molecule has 1 aliphatic heterocycles. The quantitative estimate of drug-likeness (QED) is 0.213. The Bertz CT molecular complexity index is 1850. The van der Waals surface area contributed by atoms with E-state index < -0.39 is 42.3 Å². The Morgan fingerprint density at radius 2 is 1.67 bits per heavy atom. The molecule has 0 aliphatic carbocycles. The van der Waals surface area contributed by atoms with Crippen LogP contribution in [0.5, 0.6) is 17.2 Å². The van der Waals surface area contributed by atoms with Crippen molar-refractivity contribution in [3.05, 3.63) is 94.1 Å². The maximum Gasteiger partial charge on any atom is 0.573 e. The number of benzene rings is 3. The van der Waals surface area contributed by atoms with E-state index in [9.17, 15) is 31.5 Å². The van der Waals surface area contributed by atoms with Crippen LogP contribution in [-0.2, 0) is 0 Å². The number of para-hydroxylation sites is 1. The number of carbonyl (C=O) groups excluding carboxylic acids is 1. The molecule has 1 atom stereocenters. The van der Waals surface area contributed by atoms with Crippen LogP contribution in [0.25, 0.3) is 22.4 Å². The molecule has 3 aromatic carbocycles. The molecule has 1 aliphatic rings. The number of ether oxygens (including phenoxy) is 2. The maximum absolute atomic E-state index is 14.3. The zero-order valence-corrected chi connectivity index (χ0v) is 21.5. The number of aromatic amines is 2. The fraction of sp³-hybridized carbons (Fsp3) is 0.179. The van der Waals surface area contributed by atoms with Crippen molar-refractivity contribution in [1.29, 1.82) is 0 Å². The van der Waals surface area contributed by atoms with Crippen LogP contribution >= 0.6 is 0 Å². The van der Waals surface area contributed by atoms with Gasteiger partial charge in [-0.05, 0) is 54.1 Å². The van der Waals surface area contributed by atoms with Crippen LogP contribution in [0, 0.1) is 0 Å². The van der Waals surface area contributed by atoms with Crippen molar-refractivity contribution in [2.45, 2.75) is 25.3 Å². The lowest BCUT2D eigenvalue weighted by Crippen LogP contribution is -2.38. The molecule has 3 heterocycles. The molecule has 216 valence electrons. The van der Waals surface area contributed by atoms with Crippen molar-refractivity contribution in [1.82, 2.24) is 20.1 Å². The summed E-state index contributed by atoms with van der Waals surface area (Å²) in [4.78, 5) is 28.9. The number of rotatable bonds is 7. The van der Waals surface area contributed by atoms with Gasteiger partial charge in [0.15, 0.2) is 5.58 Å². The van der Waals surface area contributed by atoms with Crippen molar-refractivity contribution in [3.63, 3.8) is 0 Å². The van der Waals surface area contributed by atoms with Gasteiger partial charge in [-0.2, -0.15) is 5.10 Å². The highest BCUT2D eigenvalue weighted by molar-refractivity contribution is 6.02. The van der Waals surface area contributed by atoms with Gasteiger partial charge in [0, 0.05) is 18.1 Å². The first-order chi connectivity index (χ1) is 19.9. The smallest absolute Gasteiger partial charge is 0.457 e. The van der Waals surface area contributed by atoms with Crippen LogP contribution in [0.3, 0.4) is 0 Å². The van der Waals surface area contributed by atoms with Crippen molar-refractivity contribution in [3.8, 4) is 28.5 Å². The topological polar surface area (TPSA) is 113 Å². The normalized spacial score (nSPS) is 15.3. The number of hydrogen-bond donors (Lipinski definition) is 2. The number of alkyl halides is 5. The molecule has 0 bridgehead atoms. The summed E-state index contributed by atoms with van der Waals surface area (Å²) in [5.74, 6) is -4.67. The summed E-state index contributed by atoms with van der Waals surface area (Å²) in [5.41, 5.74) is 1.84. The number of H-pyrrole nitrogens is 2. The lowest BCUT2D eigenvalue weighted by Gasteiger charge is -2.28. The molecule has 9 nitrogen and oxygen atoms in total. The van der Waals surface area contributed by atoms with Gasteiger partial charge < -0.3 is 18.8 Å². The predicted octanol–water partition coefficient (Wildman–Crippen LogP) is 6.40. The molecule has 0 spiro atoms. The highest BCUT2D eigenvalue weighted by Gasteiger charge is 2.45. The summed E-state index contributed by atoms with van der Waals surface area (Å²) in [6.07, 6.45) is -4.85. The summed E-state index contributed by atoms with van der Waals surface area (Å²) in [6, 6.07) is 14.8. The molecular weight excluding hydrogens is 567 g/mol. The summed E-state index contributed by atoms with van der Waals surface area (Å²) in [6.45, 7) is -0.211. The molecule has 1 amide bonds. The third-order valence-corrected chi connectivity index (χ3v) is 6.48. The standard InChI is InChI=1S/C28H19F5N4O5/c1-27(29,30)13-37-23(14-4-2-5-17(12-14)40-15-8-10-16(11-9-15)42-28(31,32)33)20-21(35-36-22(20)25(37)38)18-6-3-7-19-24(18)41-26(39)34-19/h2-12,23H,13H2,1H3,(H,34,39)(H,35,36). The number of carbonyl (C=O) groups is 1. The fourth-order valence-corrected chi connectivity index (χ4v) is 4.96. The molecule has 0 fully saturated rings. The van der Waals surface area contributed by atoms with E-state index in [-0.39, 0.29) is 28.5 Å². The Labute approximate surface area is 232 Å². The molecule has 0 radical (unpaired) electrons. The Morgan fingerprint density at radius 1 is 0.952 bits per heavy atom. The van der Waals surface area contributed by atoms with Crippen molar-refractivity contribution in [2.75, 3.05) is 6.54 Å². The van der Waals surface area contributed by atoms with Gasteiger partial charge in [-0.15, -0.1) is 13.2 Å². The van der Waals surface area contributed by atoms with E-state index in [1.807, 2.05) is 0 Å². The second-order valence-corrected chi connectivity index (χ2v) is 9.66. The minimum absolute atomic E-state index is 0.000658. The number of nitrogens with zero attached hydrogens (tertiary/aromatic N) is 2. The van der Waals surface area contributed by atoms with Gasteiger partial charge in [0.1, 0.15) is 28.6 Å². The van der Waals surface area contributed by atoms with Crippen LogP contribution in [0.1, 0.15) is 34.6 Å². The van der Waals surface area contributed by atoms with Crippen molar-refractivity contribution in [2.24, 2.45) is 0 Å². The van der Waals surface area contributed by atoms with E-state index >= 15 is 0 Å². The van der Waals surface area contributed by atoms with Gasteiger partial charge in [0.25, 0.3) is 11.8 Å². The summed E-state index contributed by atoms with van der Waals surface area (Å²) >= 11 is 0. The lowest BCUT2D eigenvalue weighted by molar-refractivity contribution is -0.274. The molecule has 42 heavy (non-hydrogen) atoms. The Hall–Kier alpha value is -5.14. The first-order valence-corrected chi connectivity index (χ1v) is 12.4. The second kappa shape index (κ2) is 9.75. The van der Waals surface area contributed by atoms with Crippen LogP contribution < -0.4 is 15.2 Å². The number of aromatic nitrogens is 3. The van der Waals surface area contributed by atoms with Gasteiger partial charge in [0.2, 0.25) is 0 Å². The van der Waals surface area contributed by atoms with E-state index in [2.05, 4.69) is 19.9 Å². The summed E-state index contributed by atoms with van der Waals surface area (Å²) in [7, 11) is 0. The van der Waals surface area contributed by atoms with Gasteiger partial charge >= 0.3 is 12.1 Å². The number of nitrogens with one attached hydrogen (secondary N) is 2. The Balaban J connectivity index is 1.41. The highest BCUT2D eigenvalue weighted by Crippen LogP contribution is 2.45. The van der Waals surface area contributed by atoms with Crippen LogP contribution in [0.4, 0.5) is 22.0 Å². The first kappa shape index (κ1) is 27.1. The number of oxazole rings is 1. The molecule has 5 aromatic rings. The molecule has 6 rings (SSSR count). The zero-order chi connectivity index (χ0) is 29.8. The molecule has 2 N–H and O–H groups in total. The number of hydrogen-bond acceptors (Lipinski definition) is 6.